The van der Waals surface area contributed by atoms with E-state index in [1.54, 1.807) is 13.2 Å². The van der Waals surface area contributed by atoms with Crippen LogP contribution in [0.5, 0.6) is 5.75 Å². The number of ether oxygens (including phenoxy) is 1. The Balaban J connectivity index is 1.97. The molecular weight excluding hydrogens is 285 g/mol. The van der Waals surface area contributed by atoms with Crippen LogP contribution in [0.15, 0.2) is 18.2 Å². The van der Waals surface area contributed by atoms with Crippen LogP contribution in [0.3, 0.4) is 0 Å². The van der Waals surface area contributed by atoms with Crippen molar-refractivity contribution in [1.82, 2.24) is 4.90 Å². The Labute approximate surface area is 130 Å². The molecule has 0 aliphatic carbocycles. The van der Waals surface area contributed by atoms with Gasteiger partial charge >= 0.3 is 0 Å². The van der Waals surface area contributed by atoms with Crippen LogP contribution in [0.2, 0.25) is 0 Å². The fourth-order valence-electron chi connectivity index (χ4n) is 3.03. The van der Waals surface area contributed by atoms with Crippen LogP contribution in [-0.4, -0.2) is 42.2 Å². The summed E-state index contributed by atoms with van der Waals surface area (Å²) in [5.74, 6) is -1.03. The minimum atomic E-state index is -0.680. The molecule has 1 aliphatic rings. The van der Waals surface area contributed by atoms with Gasteiger partial charge in [0.25, 0.3) is 0 Å². The Hall–Kier alpha value is -1.62. The Morgan fingerprint density at radius 1 is 1.45 bits per heavy atom. The molecule has 5 heteroatoms. The summed E-state index contributed by atoms with van der Waals surface area (Å²) >= 11 is 0. The highest BCUT2D eigenvalue weighted by molar-refractivity contribution is 5.79. The number of aromatic hydroxyl groups is 1. The van der Waals surface area contributed by atoms with E-state index in [1.807, 2.05) is 4.90 Å². The van der Waals surface area contributed by atoms with E-state index >= 15 is 0 Å². The van der Waals surface area contributed by atoms with Gasteiger partial charge in [-0.3, -0.25) is 4.79 Å². The smallest absolute Gasteiger partial charge is 0.227 e. The maximum absolute atomic E-state index is 13.4. The summed E-state index contributed by atoms with van der Waals surface area (Å²) in [5.41, 5.74) is 0.599. The van der Waals surface area contributed by atoms with E-state index in [0.29, 0.717) is 12.2 Å². The molecule has 0 bridgehead atoms. The van der Waals surface area contributed by atoms with Crippen LogP contribution in [0.25, 0.3) is 0 Å². The fourth-order valence-corrected chi connectivity index (χ4v) is 3.03. The molecule has 1 amide bonds. The molecule has 122 valence electrons. The summed E-state index contributed by atoms with van der Waals surface area (Å²) in [6, 6.07) is 4.39. The van der Waals surface area contributed by atoms with Crippen molar-refractivity contribution in [3.05, 3.63) is 29.6 Å². The first kappa shape index (κ1) is 16.7. The zero-order valence-corrected chi connectivity index (χ0v) is 13.1. The summed E-state index contributed by atoms with van der Waals surface area (Å²) in [7, 11) is 1.68. The third kappa shape index (κ3) is 4.44. The van der Waals surface area contributed by atoms with Crippen LogP contribution < -0.4 is 0 Å². The number of phenolic OH excluding ortho intramolecular Hbond substituents is 1. The van der Waals surface area contributed by atoms with E-state index in [0.717, 1.165) is 38.6 Å². The van der Waals surface area contributed by atoms with Gasteiger partial charge in [-0.15, -0.1) is 0 Å². The molecule has 1 fully saturated rings. The summed E-state index contributed by atoms with van der Waals surface area (Å²) in [5, 5.41) is 9.21. The molecule has 0 unspecified atom stereocenters. The van der Waals surface area contributed by atoms with Crippen molar-refractivity contribution < 1.29 is 19.0 Å². The number of benzene rings is 1. The van der Waals surface area contributed by atoms with Gasteiger partial charge in [-0.1, -0.05) is 6.07 Å². The molecule has 1 aliphatic heterocycles. The number of nitrogens with zero attached hydrogens (tertiary/aromatic N) is 1. The Morgan fingerprint density at radius 3 is 3.00 bits per heavy atom. The van der Waals surface area contributed by atoms with Crippen molar-refractivity contribution in [3.63, 3.8) is 0 Å². The predicted molar refractivity (Wildman–Crippen MR) is 82.2 cm³/mol. The van der Waals surface area contributed by atoms with Crippen LogP contribution in [0.4, 0.5) is 4.39 Å². The summed E-state index contributed by atoms with van der Waals surface area (Å²) < 4.78 is 18.4. The number of rotatable bonds is 6. The molecule has 0 aromatic heterocycles. The second-order valence-corrected chi connectivity index (χ2v) is 5.83. The number of hydrogen-bond donors (Lipinski definition) is 1. The Kier molecular flexibility index (Phi) is 6.19. The molecule has 0 radical (unpaired) electrons. The topological polar surface area (TPSA) is 49.8 Å². The zero-order chi connectivity index (χ0) is 15.9. The van der Waals surface area contributed by atoms with Gasteiger partial charge in [0, 0.05) is 26.3 Å². The van der Waals surface area contributed by atoms with Crippen LogP contribution in [0, 0.1) is 5.82 Å². The fraction of sp³-hybridized carbons (Fsp3) is 0.588. The maximum atomic E-state index is 13.4. The number of amides is 1. The summed E-state index contributed by atoms with van der Waals surface area (Å²) in [4.78, 5) is 14.5. The molecule has 1 saturated heterocycles. The molecule has 2 rings (SSSR count). The third-order valence-electron chi connectivity index (χ3n) is 4.20. The van der Waals surface area contributed by atoms with Crippen molar-refractivity contribution in [2.75, 3.05) is 20.3 Å². The minimum absolute atomic E-state index is 0.0345. The highest BCUT2D eigenvalue weighted by atomic mass is 19.1. The average Bonchev–Trinajstić information content (AvgIpc) is 2.51. The largest absolute Gasteiger partial charge is 0.505 e. The molecule has 1 atom stereocenters. The van der Waals surface area contributed by atoms with Crippen molar-refractivity contribution in [3.8, 4) is 5.75 Å². The quantitative estimate of drug-likeness (QED) is 0.822. The number of piperidine rings is 1. The molecular formula is C17H24FNO3. The molecule has 1 N–H and O–H groups in total. The molecule has 4 nitrogen and oxygen atoms in total. The number of methoxy groups -OCH3 is 1. The van der Waals surface area contributed by atoms with Crippen molar-refractivity contribution in [1.29, 1.82) is 0 Å². The highest BCUT2D eigenvalue weighted by Crippen LogP contribution is 2.23. The van der Waals surface area contributed by atoms with Crippen LogP contribution >= 0.6 is 0 Å². The van der Waals surface area contributed by atoms with E-state index in [-0.39, 0.29) is 24.1 Å². The number of hydrogen-bond acceptors (Lipinski definition) is 3. The first-order chi connectivity index (χ1) is 10.6. The minimum Gasteiger partial charge on any atom is -0.505 e. The lowest BCUT2D eigenvalue weighted by Gasteiger charge is -2.36. The molecule has 22 heavy (non-hydrogen) atoms. The predicted octanol–water partition coefficient (Wildman–Crippen LogP) is 2.88. The van der Waals surface area contributed by atoms with Gasteiger partial charge in [-0.05, 0) is 49.8 Å². The van der Waals surface area contributed by atoms with Gasteiger partial charge in [0.1, 0.15) is 0 Å². The number of phenols is 1. The molecule has 0 spiro atoms. The summed E-state index contributed by atoms with van der Waals surface area (Å²) in [6.45, 7) is 1.48. The normalized spacial score (nSPS) is 18.5. The Morgan fingerprint density at radius 2 is 2.27 bits per heavy atom. The zero-order valence-electron chi connectivity index (χ0n) is 13.1. The van der Waals surface area contributed by atoms with Crippen molar-refractivity contribution >= 4 is 5.91 Å². The van der Waals surface area contributed by atoms with Crippen LogP contribution in [-0.2, 0) is 16.0 Å². The molecule has 0 saturated carbocycles. The van der Waals surface area contributed by atoms with E-state index in [9.17, 15) is 14.3 Å². The van der Waals surface area contributed by atoms with Crippen molar-refractivity contribution in [2.45, 2.75) is 44.6 Å². The van der Waals surface area contributed by atoms with Gasteiger partial charge in [0.15, 0.2) is 11.6 Å². The third-order valence-corrected chi connectivity index (χ3v) is 4.20. The standard InChI is InChI=1S/C17H24FNO3/c1-22-10-4-6-14-5-2-3-9-19(14)17(21)12-13-7-8-16(20)15(18)11-13/h7-8,11,14,20H,2-6,9-10,12H2,1H3/t14-/m1/s1. The van der Waals surface area contributed by atoms with Gasteiger partial charge < -0.3 is 14.7 Å². The van der Waals surface area contributed by atoms with E-state index in [1.165, 1.54) is 12.1 Å². The van der Waals surface area contributed by atoms with Gasteiger partial charge in [0.2, 0.25) is 5.91 Å². The number of carbonyl (C=O) groups is 1. The average molecular weight is 309 g/mol. The number of carbonyl (C=O) groups excluding carboxylic acids is 1. The second kappa shape index (κ2) is 8.13. The lowest BCUT2D eigenvalue weighted by atomic mass is 9.97. The summed E-state index contributed by atoms with van der Waals surface area (Å²) in [6.07, 6.45) is 5.27. The van der Waals surface area contributed by atoms with E-state index in [4.69, 9.17) is 4.74 Å². The molecule has 1 heterocycles. The Bertz CT molecular complexity index is 507. The van der Waals surface area contributed by atoms with Crippen molar-refractivity contribution in [2.24, 2.45) is 0 Å². The monoisotopic (exact) mass is 309 g/mol. The number of likely N-dealkylation sites (tertiary alicyclic amines) is 1. The lowest BCUT2D eigenvalue weighted by Crippen LogP contribution is -2.44. The lowest BCUT2D eigenvalue weighted by molar-refractivity contribution is -0.134. The maximum Gasteiger partial charge on any atom is 0.227 e. The van der Waals surface area contributed by atoms with Gasteiger partial charge in [-0.2, -0.15) is 0 Å². The highest BCUT2D eigenvalue weighted by Gasteiger charge is 2.26. The first-order valence-electron chi connectivity index (χ1n) is 7.87. The van der Waals surface area contributed by atoms with Gasteiger partial charge in [-0.25, -0.2) is 4.39 Å². The van der Waals surface area contributed by atoms with E-state index in [2.05, 4.69) is 0 Å². The molecule has 1 aromatic carbocycles. The molecule has 1 aromatic rings. The van der Waals surface area contributed by atoms with E-state index < -0.39 is 5.82 Å². The van der Waals surface area contributed by atoms with Gasteiger partial charge in [0.05, 0.1) is 6.42 Å². The number of halogens is 1. The first-order valence-corrected chi connectivity index (χ1v) is 7.87. The SMILES string of the molecule is COCCC[C@H]1CCCCN1C(=O)Cc1ccc(O)c(F)c1. The second-order valence-electron chi connectivity index (χ2n) is 5.83. The van der Waals surface area contributed by atoms with Crippen LogP contribution in [0.1, 0.15) is 37.7 Å².